The molecule has 0 saturated carbocycles. The number of aliphatic hydroxyl groups is 1. The third-order valence-electron chi connectivity index (χ3n) is 4.90. The molecule has 1 amide bonds. The van der Waals surface area contributed by atoms with Gasteiger partial charge in [-0.1, -0.05) is 30.3 Å². The van der Waals surface area contributed by atoms with Crippen molar-refractivity contribution in [1.29, 1.82) is 0 Å². The van der Waals surface area contributed by atoms with E-state index in [-0.39, 0.29) is 11.9 Å². The van der Waals surface area contributed by atoms with Gasteiger partial charge in [0.25, 0.3) is 0 Å². The number of likely N-dealkylation sites (N-methyl/N-ethyl adjacent to an activating group) is 1. The van der Waals surface area contributed by atoms with Crippen LogP contribution in [0.3, 0.4) is 0 Å². The number of aliphatic hydroxyl groups excluding tert-OH is 1. The van der Waals surface area contributed by atoms with Crippen molar-refractivity contribution < 1.29 is 9.90 Å². The average molecular weight is 288 g/mol. The van der Waals surface area contributed by atoms with Crippen LogP contribution in [-0.4, -0.2) is 53.0 Å². The summed E-state index contributed by atoms with van der Waals surface area (Å²) in [6, 6.07) is 10.2. The van der Waals surface area contributed by atoms with Gasteiger partial charge >= 0.3 is 0 Å². The van der Waals surface area contributed by atoms with Crippen molar-refractivity contribution in [2.75, 3.05) is 20.1 Å². The first-order chi connectivity index (χ1) is 10.2. The average Bonchev–Trinajstić information content (AvgIpc) is 3.08. The summed E-state index contributed by atoms with van der Waals surface area (Å²) in [5, 5.41) is 10.4. The van der Waals surface area contributed by atoms with Crippen molar-refractivity contribution in [2.24, 2.45) is 0 Å². The molecule has 0 radical (unpaired) electrons. The molecule has 4 heteroatoms. The molecule has 0 spiro atoms. The Bertz CT molecular complexity index is 491. The van der Waals surface area contributed by atoms with Crippen LogP contribution >= 0.6 is 0 Å². The number of carbonyl (C=O) groups excluding carboxylic acids is 1. The molecule has 4 nitrogen and oxygen atoms in total. The van der Waals surface area contributed by atoms with Gasteiger partial charge in [-0.15, -0.1) is 0 Å². The summed E-state index contributed by atoms with van der Waals surface area (Å²) >= 11 is 0. The van der Waals surface area contributed by atoms with Gasteiger partial charge < -0.3 is 10.0 Å². The van der Waals surface area contributed by atoms with Gasteiger partial charge in [0.05, 0.1) is 12.1 Å². The Hall–Kier alpha value is -1.39. The SMILES string of the molecule is CN1CC[C@H](N2CCC[C@H]2C[C@H](O)c2ccccc2)C1=O. The molecule has 1 aromatic carbocycles. The fourth-order valence-electron chi connectivity index (χ4n) is 3.70. The summed E-state index contributed by atoms with van der Waals surface area (Å²) in [6.07, 6.45) is 3.41. The van der Waals surface area contributed by atoms with Crippen LogP contribution in [0, 0.1) is 0 Å². The van der Waals surface area contributed by atoms with Crippen molar-refractivity contribution in [1.82, 2.24) is 9.80 Å². The van der Waals surface area contributed by atoms with E-state index in [1.165, 1.54) is 0 Å². The van der Waals surface area contributed by atoms with Gasteiger partial charge in [-0.3, -0.25) is 9.69 Å². The molecule has 2 aliphatic rings. The van der Waals surface area contributed by atoms with Crippen LogP contribution in [0.5, 0.6) is 0 Å². The highest BCUT2D eigenvalue weighted by molar-refractivity contribution is 5.83. The Kier molecular flexibility index (Phi) is 4.27. The molecule has 0 aliphatic carbocycles. The van der Waals surface area contributed by atoms with Gasteiger partial charge in [0.2, 0.25) is 5.91 Å². The monoisotopic (exact) mass is 288 g/mol. The maximum absolute atomic E-state index is 12.2. The second-order valence-corrected chi connectivity index (χ2v) is 6.26. The number of carbonyl (C=O) groups is 1. The minimum Gasteiger partial charge on any atom is -0.388 e. The fraction of sp³-hybridized carbons (Fsp3) is 0.588. The summed E-state index contributed by atoms with van der Waals surface area (Å²) in [5.74, 6) is 0.246. The molecule has 2 fully saturated rings. The van der Waals surface area contributed by atoms with Crippen molar-refractivity contribution >= 4 is 5.91 Å². The predicted molar refractivity (Wildman–Crippen MR) is 81.8 cm³/mol. The van der Waals surface area contributed by atoms with E-state index in [1.54, 1.807) is 0 Å². The standard InChI is InChI=1S/C17H24N2O2/c1-18-11-9-15(17(18)21)19-10-5-8-14(19)12-16(20)13-6-3-2-4-7-13/h2-4,6-7,14-16,20H,5,8-12H2,1H3/t14-,15-,16-/m0/s1. The van der Waals surface area contributed by atoms with Crippen LogP contribution in [0.4, 0.5) is 0 Å². The van der Waals surface area contributed by atoms with Gasteiger partial charge in [0.15, 0.2) is 0 Å². The Morgan fingerprint density at radius 3 is 2.67 bits per heavy atom. The zero-order valence-electron chi connectivity index (χ0n) is 12.6. The topological polar surface area (TPSA) is 43.8 Å². The van der Waals surface area contributed by atoms with E-state index in [4.69, 9.17) is 0 Å². The number of hydrogen-bond donors (Lipinski definition) is 1. The summed E-state index contributed by atoms with van der Waals surface area (Å²) in [7, 11) is 1.88. The molecular formula is C17H24N2O2. The molecule has 21 heavy (non-hydrogen) atoms. The predicted octanol–water partition coefficient (Wildman–Crippen LogP) is 1.81. The highest BCUT2D eigenvalue weighted by Gasteiger charge is 2.39. The van der Waals surface area contributed by atoms with Crippen molar-refractivity contribution in [2.45, 2.75) is 43.9 Å². The lowest BCUT2D eigenvalue weighted by Gasteiger charge is -2.30. The number of hydrogen-bond acceptors (Lipinski definition) is 3. The summed E-state index contributed by atoms with van der Waals surface area (Å²) in [6.45, 7) is 1.84. The smallest absolute Gasteiger partial charge is 0.239 e. The van der Waals surface area contributed by atoms with Gasteiger partial charge in [0.1, 0.15) is 0 Å². The minimum atomic E-state index is -0.439. The molecule has 114 valence electrons. The fourth-order valence-corrected chi connectivity index (χ4v) is 3.70. The lowest BCUT2D eigenvalue weighted by atomic mass is 9.99. The van der Waals surface area contributed by atoms with Gasteiger partial charge in [-0.25, -0.2) is 0 Å². The molecule has 2 aliphatic heterocycles. The zero-order chi connectivity index (χ0) is 14.8. The van der Waals surface area contributed by atoms with E-state index in [2.05, 4.69) is 4.90 Å². The second-order valence-electron chi connectivity index (χ2n) is 6.26. The molecule has 0 bridgehead atoms. The Morgan fingerprint density at radius 2 is 2.00 bits per heavy atom. The van der Waals surface area contributed by atoms with Crippen LogP contribution in [0.15, 0.2) is 30.3 Å². The summed E-state index contributed by atoms with van der Waals surface area (Å²) < 4.78 is 0. The van der Waals surface area contributed by atoms with Gasteiger partial charge in [0, 0.05) is 19.6 Å². The Labute approximate surface area is 126 Å². The van der Waals surface area contributed by atoms with E-state index in [0.717, 1.165) is 44.3 Å². The van der Waals surface area contributed by atoms with Crippen LogP contribution in [0.25, 0.3) is 0 Å². The molecule has 1 aromatic rings. The number of nitrogens with zero attached hydrogens (tertiary/aromatic N) is 2. The van der Waals surface area contributed by atoms with Crippen molar-refractivity contribution in [3.05, 3.63) is 35.9 Å². The van der Waals surface area contributed by atoms with Crippen molar-refractivity contribution in [3.63, 3.8) is 0 Å². The molecule has 0 aromatic heterocycles. The van der Waals surface area contributed by atoms with E-state index in [1.807, 2.05) is 42.3 Å². The third-order valence-corrected chi connectivity index (χ3v) is 4.90. The second kappa shape index (κ2) is 6.16. The molecule has 3 rings (SSSR count). The first-order valence-electron chi connectivity index (χ1n) is 7.90. The highest BCUT2D eigenvalue weighted by atomic mass is 16.3. The lowest BCUT2D eigenvalue weighted by molar-refractivity contribution is -0.131. The van der Waals surface area contributed by atoms with Crippen LogP contribution in [0.1, 0.15) is 37.4 Å². The molecule has 3 atom stereocenters. The van der Waals surface area contributed by atoms with Crippen LogP contribution in [0.2, 0.25) is 0 Å². The largest absolute Gasteiger partial charge is 0.388 e. The van der Waals surface area contributed by atoms with E-state index >= 15 is 0 Å². The van der Waals surface area contributed by atoms with Gasteiger partial charge in [-0.2, -0.15) is 0 Å². The first kappa shape index (κ1) is 14.5. The molecule has 1 N–H and O–H groups in total. The van der Waals surface area contributed by atoms with E-state index in [9.17, 15) is 9.90 Å². The third kappa shape index (κ3) is 2.97. The van der Waals surface area contributed by atoms with Crippen LogP contribution in [-0.2, 0) is 4.79 Å². The molecular weight excluding hydrogens is 264 g/mol. The molecule has 0 unspecified atom stereocenters. The van der Waals surface area contributed by atoms with Crippen LogP contribution < -0.4 is 0 Å². The van der Waals surface area contributed by atoms with E-state index < -0.39 is 6.10 Å². The first-order valence-corrected chi connectivity index (χ1v) is 7.90. The lowest BCUT2D eigenvalue weighted by Crippen LogP contribution is -2.44. The number of amides is 1. The Balaban J connectivity index is 1.66. The summed E-state index contributed by atoms with van der Waals surface area (Å²) in [5.41, 5.74) is 0.971. The van der Waals surface area contributed by atoms with Gasteiger partial charge in [-0.05, 0) is 37.8 Å². The normalized spacial score (nSPS) is 28.3. The maximum atomic E-state index is 12.2. The number of rotatable bonds is 4. The summed E-state index contributed by atoms with van der Waals surface area (Å²) in [4.78, 5) is 16.4. The van der Waals surface area contributed by atoms with Crippen molar-refractivity contribution in [3.8, 4) is 0 Å². The number of benzene rings is 1. The highest BCUT2D eigenvalue weighted by Crippen LogP contribution is 2.31. The number of likely N-dealkylation sites (tertiary alicyclic amines) is 2. The minimum absolute atomic E-state index is 0.0328. The maximum Gasteiger partial charge on any atom is 0.239 e. The molecule has 2 saturated heterocycles. The Morgan fingerprint density at radius 1 is 1.24 bits per heavy atom. The molecule has 2 heterocycles. The van der Waals surface area contributed by atoms with E-state index in [0.29, 0.717) is 6.04 Å². The zero-order valence-corrected chi connectivity index (χ0v) is 12.6. The quantitative estimate of drug-likeness (QED) is 0.919.